The molecule has 1 saturated heterocycles. The monoisotopic (exact) mass is 456 g/mol. The summed E-state index contributed by atoms with van der Waals surface area (Å²) in [5.41, 5.74) is 5.34. The fourth-order valence-electron chi connectivity index (χ4n) is 3.78. The molecule has 0 saturated carbocycles. The van der Waals surface area contributed by atoms with Gasteiger partial charge < -0.3 is 0 Å². The Hall–Kier alpha value is -3.29. The summed E-state index contributed by atoms with van der Waals surface area (Å²) in [6.45, 7) is 0. The first-order chi connectivity index (χ1) is 15.7. The number of benzene rings is 3. The average molecular weight is 457 g/mol. The number of carbonyl (C=O) groups is 1. The fourth-order valence-corrected chi connectivity index (χ4v) is 4.75. The van der Waals surface area contributed by atoms with Crippen molar-refractivity contribution in [3.8, 4) is 0 Å². The third-order valence-corrected chi connectivity index (χ3v) is 6.75. The van der Waals surface area contributed by atoms with E-state index in [4.69, 9.17) is 17.3 Å². The first-order valence-corrected chi connectivity index (χ1v) is 11.7. The van der Waals surface area contributed by atoms with Crippen molar-refractivity contribution in [3.63, 3.8) is 0 Å². The molecule has 0 spiro atoms. The summed E-state index contributed by atoms with van der Waals surface area (Å²) in [4.78, 5) is 11.8. The van der Waals surface area contributed by atoms with Crippen LogP contribution in [-0.4, -0.2) is 32.9 Å². The highest BCUT2D eigenvalue weighted by Gasteiger charge is 2.30. The van der Waals surface area contributed by atoms with Crippen LogP contribution in [-0.2, 0) is 4.79 Å². The van der Waals surface area contributed by atoms with E-state index < -0.39 is 0 Å². The van der Waals surface area contributed by atoms with Gasteiger partial charge in [-0.3, -0.25) is 9.80 Å². The van der Waals surface area contributed by atoms with Crippen LogP contribution < -0.4 is 5.01 Å². The number of nitrogens with zero attached hydrogens (tertiary/aromatic N) is 4. The number of carbonyl (C=O) groups excluding carboxylic acids is 1. The molecule has 2 heterocycles. The molecule has 1 atom stereocenters. The summed E-state index contributed by atoms with van der Waals surface area (Å²) in [7, 11) is 0. The van der Waals surface area contributed by atoms with Gasteiger partial charge in [0.05, 0.1) is 29.4 Å². The molecule has 0 N–H and O–H groups in total. The van der Waals surface area contributed by atoms with Gasteiger partial charge in [-0.25, -0.2) is 0 Å². The molecule has 0 radical (unpaired) electrons. The van der Waals surface area contributed by atoms with Crippen LogP contribution >= 0.6 is 24.0 Å². The molecular formula is C25H20N4OS2. The Balaban J connectivity index is 1.42. The predicted octanol–water partition coefficient (Wildman–Crippen LogP) is 5.24. The lowest BCUT2D eigenvalue weighted by molar-refractivity contribution is -0.123. The third kappa shape index (κ3) is 4.22. The van der Waals surface area contributed by atoms with Crippen LogP contribution in [0.1, 0.15) is 29.2 Å². The van der Waals surface area contributed by atoms with Crippen LogP contribution in [0.2, 0.25) is 0 Å². The normalized spacial score (nSPS) is 18.6. The van der Waals surface area contributed by atoms with Crippen LogP contribution in [0.15, 0.2) is 95.1 Å². The highest BCUT2D eigenvalue weighted by molar-refractivity contribution is 8.23. The number of amides is 1. The van der Waals surface area contributed by atoms with Gasteiger partial charge in [0.2, 0.25) is 0 Å². The molecular weight excluding hydrogens is 436 g/mol. The van der Waals surface area contributed by atoms with Gasteiger partial charge in [0, 0.05) is 6.42 Å². The number of hydrogen-bond donors (Lipinski definition) is 0. The lowest BCUT2D eigenvalue weighted by atomic mass is 9.98. The van der Waals surface area contributed by atoms with Crippen molar-refractivity contribution in [1.29, 1.82) is 0 Å². The molecule has 3 aromatic rings. The Bertz CT molecular complexity index is 1180. The molecule has 0 aromatic heterocycles. The fraction of sp³-hybridized carbons (Fsp3) is 0.120. The average Bonchev–Trinajstić information content (AvgIpc) is 3.43. The molecule has 1 unspecified atom stereocenters. The van der Waals surface area contributed by atoms with E-state index in [9.17, 15) is 4.79 Å². The minimum atomic E-state index is -0.0848. The number of thiocarbonyl (C=S) groups is 1. The lowest BCUT2D eigenvalue weighted by Gasteiger charge is -2.24. The van der Waals surface area contributed by atoms with Gasteiger partial charge >= 0.3 is 0 Å². The minimum Gasteiger partial charge on any atom is -0.272 e. The van der Waals surface area contributed by atoms with Crippen molar-refractivity contribution in [2.24, 2.45) is 10.2 Å². The molecule has 1 amide bonds. The van der Waals surface area contributed by atoms with Crippen LogP contribution in [0.5, 0.6) is 0 Å². The van der Waals surface area contributed by atoms with Crippen LogP contribution in [0, 0.1) is 0 Å². The number of thioether (sulfide) groups is 1. The van der Waals surface area contributed by atoms with Crippen LogP contribution in [0.3, 0.4) is 0 Å². The molecule has 0 aliphatic carbocycles. The molecule has 32 heavy (non-hydrogen) atoms. The molecule has 1 fully saturated rings. The zero-order valence-electron chi connectivity index (χ0n) is 17.2. The van der Waals surface area contributed by atoms with E-state index in [1.54, 1.807) is 6.21 Å². The molecule has 5 nitrogen and oxygen atoms in total. The zero-order chi connectivity index (χ0) is 21.9. The van der Waals surface area contributed by atoms with Gasteiger partial charge in [0.1, 0.15) is 0 Å². The van der Waals surface area contributed by atoms with Gasteiger partial charge in [0.15, 0.2) is 4.32 Å². The van der Waals surface area contributed by atoms with E-state index in [2.05, 4.69) is 46.5 Å². The summed E-state index contributed by atoms with van der Waals surface area (Å²) in [5, 5.41) is 12.6. The Kier molecular flexibility index (Phi) is 5.83. The van der Waals surface area contributed by atoms with E-state index in [-0.39, 0.29) is 11.9 Å². The molecule has 158 valence electrons. The zero-order valence-corrected chi connectivity index (χ0v) is 18.8. The van der Waals surface area contributed by atoms with E-state index >= 15 is 0 Å². The highest BCUT2D eigenvalue weighted by atomic mass is 32.2. The minimum absolute atomic E-state index is 0.0848. The van der Waals surface area contributed by atoms with Gasteiger partial charge in [-0.15, -0.1) is 0 Å². The smallest absolute Gasteiger partial charge is 0.259 e. The van der Waals surface area contributed by atoms with E-state index in [1.807, 2.05) is 48.5 Å². The largest absolute Gasteiger partial charge is 0.272 e. The van der Waals surface area contributed by atoms with Crippen LogP contribution in [0.25, 0.3) is 0 Å². The lowest BCUT2D eigenvalue weighted by Crippen LogP contribution is -2.22. The topological polar surface area (TPSA) is 48.3 Å². The Morgan fingerprint density at radius 2 is 1.66 bits per heavy atom. The van der Waals surface area contributed by atoms with Crippen molar-refractivity contribution >= 4 is 51.8 Å². The van der Waals surface area contributed by atoms with E-state index in [0.29, 0.717) is 10.1 Å². The van der Waals surface area contributed by atoms with Crippen molar-refractivity contribution in [2.75, 3.05) is 10.8 Å². The molecule has 0 bridgehead atoms. The van der Waals surface area contributed by atoms with Crippen molar-refractivity contribution in [2.45, 2.75) is 12.5 Å². The maximum atomic E-state index is 11.8. The number of anilines is 1. The van der Waals surface area contributed by atoms with E-state index in [0.717, 1.165) is 28.9 Å². The Labute approximate surface area is 196 Å². The summed E-state index contributed by atoms with van der Waals surface area (Å²) >= 11 is 6.51. The maximum Gasteiger partial charge on any atom is 0.259 e. The third-order valence-electron chi connectivity index (χ3n) is 5.41. The number of hydrazone groups is 2. The van der Waals surface area contributed by atoms with Crippen molar-refractivity contribution in [3.05, 3.63) is 102 Å². The highest BCUT2D eigenvalue weighted by Crippen LogP contribution is 2.36. The summed E-state index contributed by atoms with van der Waals surface area (Å²) < 4.78 is 0.494. The quantitative estimate of drug-likeness (QED) is 0.389. The van der Waals surface area contributed by atoms with Gasteiger partial charge in [-0.2, -0.15) is 15.2 Å². The van der Waals surface area contributed by atoms with Crippen molar-refractivity contribution < 1.29 is 4.79 Å². The first-order valence-electron chi connectivity index (χ1n) is 10.3. The number of hydrogen-bond acceptors (Lipinski definition) is 6. The van der Waals surface area contributed by atoms with Crippen LogP contribution in [0.4, 0.5) is 5.69 Å². The van der Waals surface area contributed by atoms with Gasteiger partial charge in [-0.1, -0.05) is 96.8 Å². The first kappa shape index (κ1) is 20.6. The second-order valence-electron chi connectivity index (χ2n) is 7.48. The molecule has 3 aromatic carbocycles. The Morgan fingerprint density at radius 1 is 0.969 bits per heavy atom. The Morgan fingerprint density at radius 3 is 2.31 bits per heavy atom. The predicted molar refractivity (Wildman–Crippen MR) is 135 cm³/mol. The maximum absolute atomic E-state index is 11.8. The van der Waals surface area contributed by atoms with Crippen molar-refractivity contribution in [1.82, 2.24) is 5.01 Å². The summed E-state index contributed by atoms with van der Waals surface area (Å²) in [6, 6.07) is 28.9. The molecule has 2 aliphatic rings. The molecule has 7 heteroatoms. The van der Waals surface area contributed by atoms with Gasteiger partial charge in [-0.05, 0) is 28.8 Å². The summed E-state index contributed by atoms with van der Waals surface area (Å²) in [5.74, 6) is 0.269. The standard InChI is InChI=1S/C25H20N4OS2/c30-24-17-32-25(31)29(24)26-16-18-11-13-21(14-12-18)28-23(20-9-5-2-6-10-20)15-22(27-28)19-7-3-1-4-8-19/h1-14,16,23H,15,17H2/b26-16+. The second kappa shape index (κ2) is 9.06. The molecule has 5 rings (SSSR count). The SMILES string of the molecule is O=C1CSC(=S)N1/N=C/c1ccc(N2N=C(c3ccccc3)CC2c2ccccc2)cc1. The van der Waals surface area contributed by atoms with Gasteiger partial charge in [0.25, 0.3) is 5.91 Å². The van der Waals surface area contributed by atoms with E-state index in [1.165, 1.54) is 22.3 Å². The molecule has 2 aliphatic heterocycles. The summed E-state index contributed by atoms with van der Waals surface area (Å²) in [6.07, 6.45) is 2.50. The number of rotatable bonds is 5. The second-order valence-corrected chi connectivity index (χ2v) is 9.09.